The molecule has 1 fully saturated rings. The zero-order valence-electron chi connectivity index (χ0n) is 13.4. The lowest BCUT2D eigenvalue weighted by molar-refractivity contribution is -0.121. The number of hydrogen-bond acceptors (Lipinski definition) is 5. The smallest absolute Gasteiger partial charge is 0.409 e. The molecular weight excluding hydrogens is 310 g/mol. The van der Waals surface area contributed by atoms with E-state index in [1.165, 1.54) is 7.11 Å². The van der Waals surface area contributed by atoms with Gasteiger partial charge in [-0.15, -0.1) is 0 Å². The van der Waals surface area contributed by atoms with Crippen LogP contribution < -0.4 is 5.32 Å². The zero-order valence-corrected chi connectivity index (χ0v) is 13.4. The normalized spacial score (nSPS) is 17.4. The van der Waals surface area contributed by atoms with E-state index in [9.17, 15) is 9.59 Å². The first-order valence-corrected chi connectivity index (χ1v) is 7.77. The second kappa shape index (κ2) is 7.12. The third kappa shape index (κ3) is 3.53. The second-order valence-electron chi connectivity index (χ2n) is 5.65. The van der Waals surface area contributed by atoms with E-state index in [1.807, 2.05) is 12.1 Å². The Hall–Kier alpha value is -2.90. The summed E-state index contributed by atoms with van der Waals surface area (Å²) in [5, 5.41) is 9.81. The van der Waals surface area contributed by atoms with Crippen molar-refractivity contribution in [2.45, 2.75) is 12.8 Å². The number of piperidine rings is 1. The molecule has 1 saturated heterocycles. The molecule has 126 valence electrons. The maximum atomic E-state index is 12.4. The van der Waals surface area contributed by atoms with E-state index in [4.69, 9.17) is 4.74 Å². The molecule has 0 saturated carbocycles. The topological polar surface area (TPSA) is 100 Å². The first-order chi connectivity index (χ1) is 11.7. The Morgan fingerprint density at radius 1 is 1.38 bits per heavy atom. The maximum absolute atomic E-state index is 12.4. The van der Waals surface area contributed by atoms with Crippen molar-refractivity contribution in [3.05, 3.63) is 30.6 Å². The molecule has 2 N–H and O–H groups in total. The number of carbonyl (C=O) groups excluding carboxylic acids is 2. The molecule has 2 amide bonds. The van der Waals surface area contributed by atoms with Crippen LogP contribution in [0.3, 0.4) is 0 Å². The summed E-state index contributed by atoms with van der Waals surface area (Å²) in [6, 6.07) is 5.48. The summed E-state index contributed by atoms with van der Waals surface area (Å²) in [6.45, 7) is 0.977. The number of nitrogens with one attached hydrogen (secondary N) is 2. The van der Waals surface area contributed by atoms with Crippen molar-refractivity contribution in [1.29, 1.82) is 0 Å². The fourth-order valence-electron chi connectivity index (χ4n) is 2.78. The van der Waals surface area contributed by atoms with Crippen molar-refractivity contribution in [1.82, 2.24) is 20.1 Å². The Bertz CT molecular complexity index is 716. The van der Waals surface area contributed by atoms with Crippen molar-refractivity contribution in [3.8, 4) is 11.3 Å². The predicted molar refractivity (Wildman–Crippen MR) is 87.2 cm³/mol. The molecule has 8 nitrogen and oxygen atoms in total. The van der Waals surface area contributed by atoms with Gasteiger partial charge in [0.15, 0.2) is 5.82 Å². The van der Waals surface area contributed by atoms with Crippen LogP contribution in [0.25, 0.3) is 11.3 Å². The Balaban J connectivity index is 1.63. The van der Waals surface area contributed by atoms with Crippen molar-refractivity contribution in [2.24, 2.45) is 5.92 Å². The Morgan fingerprint density at radius 2 is 2.17 bits per heavy atom. The fourth-order valence-corrected chi connectivity index (χ4v) is 2.78. The standard InChI is InChI=1S/C16H19N5O3/c1-24-16(23)21-8-2-3-12(10-21)15(22)18-14-9-13(19-20-14)11-4-6-17-7-5-11/h4-7,9,12H,2-3,8,10H2,1H3,(H2,18,19,20,22)/t12-/m0/s1. The Kier molecular flexibility index (Phi) is 4.74. The quantitative estimate of drug-likeness (QED) is 0.895. The van der Waals surface area contributed by atoms with E-state index in [-0.39, 0.29) is 11.8 Å². The van der Waals surface area contributed by atoms with Crippen molar-refractivity contribution in [3.63, 3.8) is 0 Å². The zero-order chi connectivity index (χ0) is 16.9. The number of aromatic nitrogens is 3. The highest BCUT2D eigenvalue weighted by Crippen LogP contribution is 2.21. The van der Waals surface area contributed by atoms with Crippen LogP contribution in [0.5, 0.6) is 0 Å². The summed E-state index contributed by atoms with van der Waals surface area (Å²) in [5.41, 5.74) is 1.74. The highest BCUT2D eigenvalue weighted by atomic mass is 16.5. The van der Waals surface area contributed by atoms with Gasteiger partial charge in [-0.1, -0.05) is 0 Å². The fraction of sp³-hybridized carbons (Fsp3) is 0.375. The van der Waals surface area contributed by atoms with Crippen LogP contribution in [0.15, 0.2) is 30.6 Å². The number of carbonyl (C=O) groups is 2. The van der Waals surface area contributed by atoms with Gasteiger partial charge in [0.2, 0.25) is 5.91 Å². The van der Waals surface area contributed by atoms with Crippen LogP contribution in [0.4, 0.5) is 10.6 Å². The number of pyridine rings is 1. The number of likely N-dealkylation sites (tertiary alicyclic amines) is 1. The number of methoxy groups -OCH3 is 1. The average Bonchev–Trinajstić information content (AvgIpc) is 3.10. The number of anilines is 1. The molecule has 0 radical (unpaired) electrons. The van der Waals surface area contributed by atoms with Gasteiger partial charge in [0.05, 0.1) is 18.7 Å². The average molecular weight is 329 g/mol. The van der Waals surface area contributed by atoms with E-state index in [0.29, 0.717) is 18.9 Å². The molecule has 24 heavy (non-hydrogen) atoms. The third-order valence-corrected chi connectivity index (χ3v) is 4.05. The molecular formula is C16H19N5O3. The second-order valence-corrected chi connectivity index (χ2v) is 5.65. The molecule has 0 aliphatic carbocycles. The van der Waals surface area contributed by atoms with Crippen LogP contribution in [-0.2, 0) is 9.53 Å². The number of nitrogens with zero attached hydrogens (tertiary/aromatic N) is 3. The van der Waals surface area contributed by atoms with E-state index in [2.05, 4.69) is 20.5 Å². The van der Waals surface area contributed by atoms with Crippen LogP contribution in [0, 0.1) is 5.92 Å². The van der Waals surface area contributed by atoms with Gasteiger partial charge < -0.3 is 15.0 Å². The molecule has 3 rings (SSSR count). The highest BCUT2D eigenvalue weighted by molar-refractivity contribution is 5.92. The SMILES string of the molecule is COC(=O)N1CCC[C@H](C(=O)Nc2cc(-c3ccncc3)[nH]n2)C1. The van der Waals surface area contributed by atoms with Crippen LogP contribution in [0.1, 0.15) is 12.8 Å². The Labute approximate surface area is 139 Å². The van der Waals surface area contributed by atoms with Gasteiger partial charge in [-0.25, -0.2) is 4.79 Å². The van der Waals surface area contributed by atoms with E-state index < -0.39 is 6.09 Å². The van der Waals surface area contributed by atoms with E-state index >= 15 is 0 Å². The molecule has 0 bridgehead atoms. The van der Waals surface area contributed by atoms with Gasteiger partial charge in [0.1, 0.15) is 0 Å². The largest absolute Gasteiger partial charge is 0.453 e. The number of rotatable bonds is 3. The number of amides is 2. The summed E-state index contributed by atoms with van der Waals surface area (Å²) in [4.78, 5) is 29.5. The minimum Gasteiger partial charge on any atom is -0.453 e. The lowest BCUT2D eigenvalue weighted by Crippen LogP contribution is -2.43. The first-order valence-electron chi connectivity index (χ1n) is 7.77. The maximum Gasteiger partial charge on any atom is 0.409 e. The van der Waals surface area contributed by atoms with Gasteiger partial charge in [0.25, 0.3) is 0 Å². The van der Waals surface area contributed by atoms with Crippen LogP contribution >= 0.6 is 0 Å². The number of hydrogen-bond donors (Lipinski definition) is 2. The number of ether oxygens (including phenoxy) is 1. The van der Waals surface area contributed by atoms with Crippen LogP contribution in [-0.4, -0.2) is 52.3 Å². The molecule has 1 aliphatic rings. The van der Waals surface area contributed by atoms with E-state index in [1.54, 1.807) is 23.4 Å². The molecule has 3 heterocycles. The number of H-pyrrole nitrogens is 1. The molecule has 0 spiro atoms. The van der Waals surface area contributed by atoms with Crippen LogP contribution in [0.2, 0.25) is 0 Å². The molecule has 8 heteroatoms. The lowest BCUT2D eigenvalue weighted by atomic mass is 9.97. The number of aromatic amines is 1. The summed E-state index contributed by atoms with van der Waals surface area (Å²) >= 11 is 0. The van der Waals surface area contributed by atoms with Crippen molar-refractivity contribution in [2.75, 3.05) is 25.5 Å². The summed E-state index contributed by atoms with van der Waals surface area (Å²) in [5.74, 6) is 0.0531. The van der Waals surface area contributed by atoms with Crippen molar-refractivity contribution >= 4 is 17.8 Å². The molecule has 0 aromatic carbocycles. The minimum absolute atomic E-state index is 0.142. The molecule has 2 aromatic rings. The summed E-state index contributed by atoms with van der Waals surface area (Å²) in [7, 11) is 1.34. The van der Waals surface area contributed by atoms with Gasteiger partial charge in [-0.05, 0) is 25.0 Å². The molecule has 1 aliphatic heterocycles. The summed E-state index contributed by atoms with van der Waals surface area (Å²) in [6.07, 6.45) is 4.50. The predicted octanol–water partition coefficient (Wildman–Crippen LogP) is 1.89. The molecule has 2 aromatic heterocycles. The van der Waals surface area contributed by atoms with E-state index in [0.717, 1.165) is 24.1 Å². The van der Waals surface area contributed by atoms with Gasteiger partial charge >= 0.3 is 6.09 Å². The monoisotopic (exact) mass is 329 g/mol. The van der Waals surface area contributed by atoms with Gasteiger partial charge in [0, 0.05) is 37.1 Å². The summed E-state index contributed by atoms with van der Waals surface area (Å²) < 4.78 is 4.72. The van der Waals surface area contributed by atoms with Gasteiger partial charge in [-0.3, -0.25) is 14.9 Å². The molecule has 1 atom stereocenters. The van der Waals surface area contributed by atoms with Gasteiger partial charge in [-0.2, -0.15) is 5.10 Å². The lowest BCUT2D eigenvalue weighted by Gasteiger charge is -2.30. The molecule has 0 unspecified atom stereocenters. The minimum atomic E-state index is -0.396. The Morgan fingerprint density at radius 3 is 2.92 bits per heavy atom. The first kappa shape index (κ1) is 16.0. The third-order valence-electron chi connectivity index (χ3n) is 4.05. The highest BCUT2D eigenvalue weighted by Gasteiger charge is 2.29. The van der Waals surface area contributed by atoms with Crippen molar-refractivity contribution < 1.29 is 14.3 Å².